The number of aliphatic carboxylic acids is 1. The molecule has 2 unspecified atom stereocenters. The zero-order valence-corrected chi connectivity index (χ0v) is 15.4. The minimum atomic E-state index is -0.818. The molecule has 0 spiro atoms. The van der Waals surface area contributed by atoms with Gasteiger partial charge in [-0.2, -0.15) is 0 Å². The van der Waals surface area contributed by atoms with Crippen molar-refractivity contribution in [3.8, 4) is 5.75 Å². The number of carboxylic acids is 1. The zero-order chi connectivity index (χ0) is 18.8. The van der Waals surface area contributed by atoms with Gasteiger partial charge in [0.05, 0.1) is 12.7 Å². The van der Waals surface area contributed by atoms with E-state index >= 15 is 0 Å². The summed E-state index contributed by atoms with van der Waals surface area (Å²) in [5, 5.41) is 11.4. The zero-order valence-electron chi connectivity index (χ0n) is 15.4. The Balaban J connectivity index is 1.63. The van der Waals surface area contributed by atoms with Crippen molar-refractivity contribution in [2.75, 3.05) is 13.2 Å². The summed E-state index contributed by atoms with van der Waals surface area (Å²) in [5.74, 6) is 0.304. The summed E-state index contributed by atoms with van der Waals surface area (Å²) < 4.78 is 11.2. The third-order valence-electron chi connectivity index (χ3n) is 4.68. The normalized spacial score (nSPS) is 19.7. The molecule has 1 saturated carbocycles. The number of ether oxygens (including phenoxy) is 2. The maximum Gasteiger partial charge on any atom is 0.303 e. The van der Waals surface area contributed by atoms with Crippen molar-refractivity contribution in [1.82, 2.24) is 5.32 Å². The molecule has 2 rings (SSSR count). The summed E-state index contributed by atoms with van der Waals surface area (Å²) in [5.41, 5.74) is 0.974. The molecule has 1 aliphatic carbocycles. The Labute approximate surface area is 154 Å². The highest BCUT2D eigenvalue weighted by Gasteiger charge is 2.22. The van der Waals surface area contributed by atoms with Crippen LogP contribution in [0.5, 0.6) is 5.75 Å². The number of hydrogen-bond acceptors (Lipinski definition) is 4. The number of carbonyl (C=O) groups is 2. The van der Waals surface area contributed by atoms with E-state index < -0.39 is 5.97 Å². The largest absolute Gasteiger partial charge is 0.494 e. The minimum absolute atomic E-state index is 0.100. The molecular formula is C20H29NO5. The standard InChI is InChI=1S/C20H29NO5/c1-15-5-2-3-6-18(15)26-14-19(22)21-13-16-8-10-17(11-9-16)25-12-4-7-20(23)24/h8-11,15,18H,2-7,12-14H2,1H3,(H,21,22)(H,23,24). The van der Waals surface area contributed by atoms with Crippen molar-refractivity contribution in [3.63, 3.8) is 0 Å². The van der Waals surface area contributed by atoms with Gasteiger partial charge >= 0.3 is 5.97 Å². The number of carboxylic acid groups (broad SMARTS) is 1. The van der Waals surface area contributed by atoms with E-state index in [-0.39, 0.29) is 25.0 Å². The SMILES string of the molecule is CC1CCCCC1OCC(=O)NCc1ccc(OCCCC(=O)O)cc1. The van der Waals surface area contributed by atoms with Gasteiger partial charge in [-0.3, -0.25) is 9.59 Å². The summed E-state index contributed by atoms with van der Waals surface area (Å²) in [7, 11) is 0. The molecule has 0 aromatic heterocycles. The molecule has 26 heavy (non-hydrogen) atoms. The van der Waals surface area contributed by atoms with Crippen LogP contribution >= 0.6 is 0 Å². The third kappa shape index (κ3) is 7.44. The molecule has 1 aliphatic rings. The van der Waals surface area contributed by atoms with Gasteiger partial charge in [0, 0.05) is 13.0 Å². The minimum Gasteiger partial charge on any atom is -0.494 e. The molecule has 0 bridgehead atoms. The molecule has 0 aliphatic heterocycles. The summed E-state index contributed by atoms with van der Waals surface area (Å²) >= 11 is 0. The van der Waals surface area contributed by atoms with Gasteiger partial charge in [0.25, 0.3) is 0 Å². The Hall–Kier alpha value is -2.08. The lowest BCUT2D eigenvalue weighted by Gasteiger charge is -2.28. The predicted octanol–water partition coefficient (Wildman–Crippen LogP) is 3.14. The van der Waals surface area contributed by atoms with Crippen LogP contribution < -0.4 is 10.1 Å². The predicted molar refractivity (Wildman–Crippen MR) is 98.0 cm³/mol. The van der Waals surface area contributed by atoms with Crippen LogP contribution in [0.1, 0.15) is 51.0 Å². The van der Waals surface area contributed by atoms with Crippen LogP contribution in [0.25, 0.3) is 0 Å². The van der Waals surface area contributed by atoms with Crippen molar-refractivity contribution >= 4 is 11.9 Å². The van der Waals surface area contributed by atoms with Gasteiger partial charge in [0.2, 0.25) is 5.91 Å². The van der Waals surface area contributed by atoms with Crippen LogP contribution in [0.15, 0.2) is 24.3 Å². The second-order valence-electron chi connectivity index (χ2n) is 6.88. The first-order valence-corrected chi connectivity index (χ1v) is 9.36. The van der Waals surface area contributed by atoms with E-state index in [0.29, 0.717) is 31.2 Å². The monoisotopic (exact) mass is 363 g/mol. The fourth-order valence-corrected chi connectivity index (χ4v) is 3.08. The van der Waals surface area contributed by atoms with Crippen molar-refractivity contribution in [1.29, 1.82) is 0 Å². The third-order valence-corrected chi connectivity index (χ3v) is 4.68. The number of rotatable bonds is 10. The van der Waals surface area contributed by atoms with E-state index in [1.807, 2.05) is 24.3 Å². The first-order valence-electron chi connectivity index (χ1n) is 9.36. The maximum absolute atomic E-state index is 12.0. The second kappa shape index (κ2) is 10.8. The highest BCUT2D eigenvalue weighted by atomic mass is 16.5. The van der Waals surface area contributed by atoms with Crippen molar-refractivity contribution < 1.29 is 24.2 Å². The van der Waals surface area contributed by atoms with Crippen LogP contribution in [0, 0.1) is 5.92 Å². The fourth-order valence-electron chi connectivity index (χ4n) is 3.08. The smallest absolute Gasteiger partial charge is 0.303 e. The number of benzene rings is 1. The average molecular weight is 363 g/mol. The highest BCUT2D eigenvalue weighted by Crippen LogP contribution is 2.26. The molecule has 0 radical (unpaired) electrons. The molecule has 1 aromatic carbocycles. The van der Waals surface area contributed by atoms with E-state index in [0.717, 1.165) is 12.0 Å². The molecule has 6 heteroatoms. The lowest BCUT2D eigenvalue weighted by atomic mass is 9.88. The topological polar surface area (TPSA) is 84.9 Å². The van der Waals surface area contributed by atoms with Gasteiger partial charge in [0.15, 0.2) is 0 Å². The first kappa shape index (κ1) is 20.2. The van der Waals surface area contributed by atoms with Crippen LogP contribution in [-0.4, -0.2) is 36.3 Å². The van der Waals surface area contributed by atoms with Gasteiger partial charge < -0.3 is 19.9 Å². The number of carbonyl (C=O) groups excluding carboxylic acids is 1. The van der Waals surface area contributed by atoms with E-state index in [4.69, 9.17) is 14.6 Å². The van der Waals surface area contributed by atoms with Crippen molar-refractivity contribution in [2.24, 2.45) is 5.92 Å². The summed E-state index contributed by atoms with van der Waals surface area (Å²) in [6, 6.07) is 7.42. The first-order chi connectivity index (χ1) is 12.5. The van der Waals surface area contributed by atoms with Gasteiger partial charge in [-0.15, -0.1) is 0 Å². The van der Waals surface area contributed by atoms with Gasteiger partial charge in [-0.1, -0.05) is 31.9 Å². The highest BCUT2D eigenvalue weighted by molar-refractivity contribution is 5.77. The molecule has 1 amide bonds. The van der Waals surface area contributed by atoms with Gasteiger partial charge in [-0.05, 0) is 42.9 Å². The van der Waals surface area contributed by atoms with E-state index in [1.54, 1.807) is 0 Å². The number of hydrogen-bond donors (Lipinski definition) is 2. The molecule has 6 nitrogen and oxygen atoms in total. The lowest BCUT2D eigenvalue weighted by molar-refractivity contribution is -0.137. The lowest BCUT2D eigenvalue weighted by Crippen LogP contribution is -2.32. The van der Waals surface area contributed by atoms with Crippen molar-refractivity contribution in [3.05, 3.63) is 29.8 Å². The van der Waals surface area contributed by atoms with E-state index in [2.05, 4.69) is 12.2 Å². The van der Waals surface area contributed by atoms with Gasteiger partial charge in [0.1, 0.15) is 12.4 Å². The molecule has 2 atom stereocenters. The summed E-state index contributed by atoms with van der Waals surface area (Å²) in [4.78, 5) is 22.4. The Bertz CT molecular complexity index is 572. The van der Waals surface area contributed by atoms with Crippen LogP contribution in [0.2, 0.25) is 0 Å². The van der Waals surface area contributed by atoms with Gasteiger partial charge in [-0.25, -0.2) is 0 Å². The Kier molecular flexibility index (Phi) is 8.41. The molecule has 2 N–H and O–H groups in total. The van der Waals surface area contributed by atoms with Crippen LogP contribution in [0.3, 0.4) is 0 Å². The van der Waals surface area contributed by atoms with Crippen LogP contribution in [0.4, 0.5) is 0 Å². The Morgan fingerprint density at radius 1 is 1.19 bits per heavy atom. The van der Waals surface area contributed by atoms with Crippen molar-refractivity contribution in [2.45, 2.75) is 58.1 Å². The molecule has 144 valence electrons. The average Bonchev–Trinajstić information content (AvgIpc) is 2.63. The maximum atomic E-state index is 12.0. The Morgan fingerprint density at radius 2 is 1.92 bits per heavy atom. The molecule has 1 fully saturated rings. The molecule has 0 saturated heterocycles. The number of nitrogens with one attached hydrogen (secondary N) is 1. The van der Waals surface area contributed by atoms with E-state index in [1.165, 1.54) is 19.3 Å². The molecule has 1 aromatic rings. The van der Waals surface area contributed by atoms with E-state index in [9.17, 15) is 9.59 Å². The summed E-state index contributed by atoms with van der Waals surface area (Å²) in [6.07, 6.45) is 5.44. The molecular weight excluding hydrogens is 334 g/mol. The second-order valence-corrected chi connectivity index (χ2v) is 6.88. The van der Waals surface area contributed by atoms with Crippen LogP contribution in [-0.2, 0) is 20.9 Å². The Morgan fingerprint density at radius 3 is 2.62 bits per heavy atom. The fraction of sp³-hybridized carbons (Fsp3) is 0.600. The number of amides is 1. The summed E-state index contributed by atoms with van der Waals surface area (Å²) in [6.45, 7) is 3.12. The quantitative estimate of drug-likeness (QED) is 0.624. The molecule has 0 heterocycles.